The Balaban J connectivity index is 2.37. The van der Waals surface area contributed by atoms with Crippen molar-refractivity contribution in [2.24, 2.45) is 0 Å². The molecule has 17 heavy (non-hydrogen) atoms. The van der Waals surface area contributed by atoms with Gasteiger partial charge in [-0.3, -0.25) is 10.1 Å². The molecule has 1 aromatic rings. The lowest BCUT2D eigenvalue weighted by Crippen LogP contribution is -2.56. The minimum Gasteiger partial charge on any atom is -0.367 e. The van der Waals surface area contributed by atoms with Crippen molar-refractivity contribution < 1.29 is 4.92 Å². The molecule has 7 heteroatoms. The summed E-state index contributed by atoms with van der Waals surface area (Å²) < 4.78 is 0. The number of benzene rings is 1. The number of nitrogens with zero attached hydrogens (tertiary/aromatic N) is 2. The number of nitro benzene ring substituents is 1. The van der Waals surface area contributed by atoms with Gasteiger partial charge >= 0.3 is 0 Å². The molecule has 0 atom stereocenters. The van der Waals surface area contributed by atoms with E-state index in [1.807, 2.05) is 11.9 Å². The second-order valence-corrected chi connectivity index (χ2v) is 4.75. The van der Waals surface area contributed by atoms with Crippen molar-refractivity contribution in [2.75, 3.05) is 25.0 Å². The van der Waals surface area contributed by atoms with Gasteiger partial charge in [0.15, 0.2) is 0 Å². The molecule has 1 aromatic carbocycles. The van der Waals surface area contributed by atoms with E-state index in [0.717, 1.165) is 13.1 Å². The topological polar surface area (TPSA) is 58.4 Å². The van der Waals surface area contributed by atoms with E-state index >= 15 is 0 Å². The van der Waals surface area contributed by atoms with Gasteiger partial charge in [0.05, 0.1) is 26.7 Å². The van der Waals surface area contributed by atoms with Crippen LogP contribution in [0.2, 0.25) is 10.0 Å². The lowest BCUT2D eigenvalue weighted by molar-refractivity contribution is -0.384. The van der Waals surface area contributed by atoms with Gasteiger partial charge in [-0.1, -0.05) is 23.2 Å². The van der Waals surface area contributed by atoms with Gasteiger partial charge in [-0.25, -0.2) is 0 Å². The number of nitrogens with one attached hydrogen (secondary N) is 1. The first-order valence-electron chi connectivity index (χ1n) is 5.07. The molecule has 92 valence electrons. The van der Waals surface area contributed by atoms with E-state index in [4.69, 9.17) is 23.2 Å². The summed E-state index contributed by atoms with van der Waals surface area (Å²) in [5.41, 5.74) is 0.550. The van der Waals surface area contributed by atoms with E-state index < -0.39 is 4.92 Å². The summed E-state index contributed by atoms with van der Waals surface area (Å²) in [6.07, 6.45) is 0. The fourth-order valence-corrected chi connectivity index (χ4v) is 2.47. The molecule has 1 fully saturated rings. The van der Waals surface area contributed by atoms with Crippen LogP contribution >= 0.6 is 23.2 Å². The summed E-state index contributed by atoms with van der Waals surface area (Å²) in [5, 5.41) is 14.4. The van der Waals surface area contributed by atoms with E-state index in [1.165, 1.54) is 12.1 Å². The van der Waals surface area contributed by atoms with E-state index in [-0.39, 0.29) is 5.69 Å². The van der Waals surface area contributed by atoms with Crippen LogP contribution < -0.4 is 10.2 Å². The Morgan fingerprint density at radius 2 is 1.94 bits per heavy atom. The lowest BCUT2D eigenvalue weighted by atomic mass is 10.1. The molecule has 0 saturated carbocycles. The van der Waals surface area contributed by atoms with Crippen LogP contribution in [0.25, 0.3) is 0 Å². The van der Waals surface area contributed by atoms with Gasteiger partial charge in [0.2, 0.25) is 0 Å². The van der Waals surface area contributed by atoms with Crippen LogP contribution in [0.4, 0.5) is 11.4 Å². The third-order valence-electron chi connectivity index (χ3n) is 2.87. The quantitative estimate of drug-likeness (QED) is 0.679. The van der Waals surface area contributed by atoms with Gasteiger partial charge < -0.3 is 10.2 Å². The number of non-ortho nitro benzene ring substituents is 1. The number of likely N-dealkylation sites (N-methyl/N-ethyl adjacent to an activating group) is 1. The highest BCUT2D eigenvalue weighted by atomic mass is 35.5. The Labute approximate surface area is 108 Å². The van der Waals surface area contributed by atoms with Crippen LogP contribution in [0.3, 0.4) is 0 Å². The second-order valence-electron chi connectivity index (χ2n) is 3.94. The van der Waals surface area contributed by atoms with Gasteiger partial charge in [0.25, 0.3) is 5.69 Å². The smallest absolute Gasteiger partial charge is 0.272 e. The molecular formula is C10H11Cl2N3O2. The molecule has 0 bridgehead atoms. The molecule has 1 aliphatic rings. The molecule has 1 heterocycles. The average molecular weight is 276 g/mol. The van der Waals surface area contributed by atoms with E-state index in [1.54, 1.807) is 0 Å². The number of nitro groups is 1. The molecule has 0 aromatic heterocycles. The van der Waals surface area contributed by atoms with Gasteiger partial charge in [-0.2, -0.15) is 0 Å². The molecule has 2 rings (SSSR count). The summed E-state index contributed by atoms with van der Waals surface area (Å²) in [6.45, 7) is 1.72. The summed E-state index contributed by atoms with van der Waals surface area (Å²) in [5.74, 6) is 0. The Bertz CT molecular complexity index is 440. The van der Waals surface area contributed by atoms with Crippen LogP contribution in [-0.4, -0.2) is 31.1 Å². The van der Waals surface area contributed by atoms with Crippen LogP contribution in [0.1, 0.15) is 0 Å². The number of anilines is 1. The first kappa shape index (κ1) is 12.4. The SMILES string of the molecule is CN(c1c(Cl)cc([N+](=O)[O-])cc1Cl)C1CNC1. The lowest BCUT2D eigenvalue weighted by Gasteiger charge is -2.37. The van der Waals surface area contributed by atoms with Crippen molar-refractivity contribution in [3.05, 3.63) is 32.3 Å². The predicted molar refractivity (Wildman–Crippen MR) is 68.2 cm³/mol. The summed E-state index contributed by atoms with van der Waals surface area (Å²) in [6, 6.07) is 2.97. The molecule has 1 saturated heterocycles. The Morgan fingerprint density at radius 1 is 1.41 bits per heavy atom. The van der Waals surface area contributed by atoms with Crippen LogP contribution in [0.5, 0.6) is 0 Å². The molecular weight excluding hydrogens is 265 g/mol. The Kier molecular flexibility index (Phi) is 3.42. The fourth-order valence-electron chi connectivity index (χ4n) is 1.72. The van der Waals surface area contributed by atoms with Gasteiger partial charge in [-0.05, 0) is 0 Å². The fraction of sp³-hybridized carbons (Fsp3) is 0.400. The van der Waals surface area contributed by atoms with Crippen molar-refractivity contribution in [3.8, 4) is 0 Å². The zero-order valence-electron chi connectivity index (χ0n) is 9.11. The van der Waals surface area contributed by atoms with Crippen molar-refractivity contribution in [3.63, 3.8) is 0 Å². The Hall–Kier alpha value is -1.04. The van der Waals surface area contributed by atoms with Crippen molar-refractivity contribution in [2.45, 2.75) is 6.04 Å². The molecule has 1 N–H and O–H groups in total. The number of halogens is 2. The Morgan fingerprint density at radius 3 is 2.29 bits per heavy atom. The van der Waals surface area contributed by atoms with Crippen molar-refractivity contribution in [1.82, 2.24) is 5.32 Å². The second kappa shape index (κ2) is 4.68. The minimum atomic E-state index is -0.507. The number of rotatable bonds is 3. The normalized spacial score (nSPS) is 15.5. The maximum atomic E-state index is 10.7. The highest BCUT2D eigenvalue weighted by Gasteiger charge is 2.26. The number of hydrogen-bond acceptors (Lipinski definition) is 4. The molecule has 1 aliphatic heterocycles. The van der Waals surface area contributed by atoms with Gasteiger partial charge in [0, 0.05) is 32.3 Å². The van der Waals surface area contributed by atoms with E-state index in [9.17, 15) is 10.1 Å². The maximum absolute atomic E-state index is 10.7. The number of hydrogen-bond donors (Lipinski definition) is 1. The van der Waals surface area contributed by atoms with Gasteiger partial charge in [-0.15, -0.1) is 0 Å². The summed E-state index contributed by atoms with van der Waals surface area (Å²) in [7, 11) is 1.88. The van der Waals surface area contributed by atoms with Crippen molar-refractivity contribution in [1.29, 1.82) is 0 Å². The highest BCUT2D eigenvalue weighted by molar-refractivity contribution is 6.39. The minimum absolute atomic E-state index is 0.0936. The molecule has 0 spiro atoms. The first-order valence-corrected chi connectivity index (χ1v) is 5.83. The molecule has 0 amide bonds. The summed E-state index contributed by atoms with van der Waals surface area (Å²) in [4.78, 5) is 12.1. The third kappa shape index (κ3) is 2.31. The molecule has 0 aliphatic carbocycles. The predicted octanol–water partition coefficient (Wildman–Crippen LogP) is 2.31. The summed E-state index contributed by atoms with van der Waals surface area (Å²) >= 11 is 12.1. The molecule has 0 radical (unpaired) electrons. The largest absolute Gasteiger partial charge is 0.367 e. The molecule has 5 nitrogen and oxygen atoms in total. The zero-order valence-corrected chi connectivity index (χ0v) is 10.6. The van der Waals surface area contributed by atoms with Crippen LogP contribution in [0.15, 0.2) is 12.1 Å². The van der Waals surface area contributed by atoms with Crippen LogP contribution in [-0.2, 0) is 0 Å². The highest BCUT2D eigenvalue weighted by Crippen LogP contribution is 2.37. The van der Waals surface area contributed by atoms with E-state index in [2.05, 4.69) is 5.32 Å². The average Bonchev–Trinajstić information content (AvgIpc) is 2.13. The van der Waals surface area contributed by atoms with Gasteiger partial charge in [0.1, 0.15) is 0 Å². The van der Waals surface area contributed by atoms with Crippen molar-refractivity contribution >= 4 is 34.6 Å². The van der Waals surface area contributed by atoms with Crippen LogP contribution in [0, 0.1) is 10.1 Å². The standard InChI is InChI=1S/C10H11Cl2N3O2/c1-14(7-4-13-5-7)10-8(11)2-6(15(16)17)3-9(10)12/h2-3,7,13H,4-5H2,1H3. The van der Waals surface area contributed by atoms with E-state index in [0.29, 0.717) is 21.8 Å². The third-order valence-corrected chi connectivity index (χ3v) is 3.45. The zero-order chi connectivity index (χ0) is 12.6. The maximum Gasteiger partial charge on any atom is 0.272 e. The first-order chi connectivity index (χ1) is 8.00. The molecule has 0 unspecified atom stereocenters. The monoisotopic (exact) mass is 275 g/mol.